The topological polar surface area (TPSA) is 96.2 Å². The monoisotopic (exact) mass is 461 g/mol. The molecule has 3 N–H and O–H groups in total. The van der Waals surface area contributed by atoms with E-state index in [0.29, 0.717) is 12.6 Å². The summed E-state index contributed by atoms with van der Waals surface area (Å²) in [5, 5.41) is 13.9. The average Bonchev–Trinajstić information content (AvgIpc) is 3.31. The molecule has 0 saturated heterocycles. The quantitative estimate of drug-likeness (QED) is 0.345. The summed E-state index contributed by atoms with van der Waals surface area (Å²) in [6.45, 7) is 0.564. The van der Waals surface area contributed by atoms with Crippen LogP contribution in [0.5, 0.6) is 0 Å². The molecule has 1 heterocycles. The van der Waals surface area contributed by atoms with Crippen LogP contribution in [0.15, 0.2) is 11.3 Å². The predicted molar refractivity (Wildman–Crippen MR) is 107 cm³/mol. The van der Waals surface area contributed by atoms with Crippen LogP contribution in [0.25, 0.3) is 0 Å². The first-order valence-electron chi connectivity index (χ1n) is 8.76. The van der Waals surface area contributed by atoms with Crippen molar-refractivity contribution in [3.8, 4) is 0 Å². The number of nitrogens with one attached hydrogen (secondary N) is 3. The molecule has 2 aliphatic carbocycles. The zero-order valence-electron chi connectivity index (χ0n) is 14.9. The lowest BCUT2D eigenvalue weighted by atomic mass is 9.85. The standard InChI is InChI=1S/C16H27N7O.HI/c1-17-16(18-9-14-19-10-20-23(14)2)22-13-5-3-4-11(8-13)15(24)21-12-6-7-12;/h10-13H,3-9H2,1-2H3,(H,21,24)(H2,17,18,22);1H. The van der Waals surface area contributed by atoms with Crippen LogP contribution in [0.2, 0.25) is 0 Å². The van der Waals surface area contributed by atoms with Gasteiger partial charge in [0.1, 0.15) is 12.2 Å². The highest BCUT2D eigenvalue weighted by Crippen LogP contribution is 2.26. The Morgan fingerprint density at radius 3 is 2.72 bits per heavy atom. The van der Waals surface area contributed by atoms with Crippen molar-refractivity contribution in [2.75, 3.05) is 7.05 Å². The van der Waals surface area contributed by atoms with Gasteiger partial charge in [0.2, 0.25) is 5.91 Å². The fraction of sp³-hybridized carbons (Fsp3) is 0.750. The van der Waals surface area contributed by atoms with Crippen LogP contribution in [-0.4, -0.2) is 45.8 Å². The first-order valence-corrected chi connectivity index (χ1v) is 8.76. The van der Waals surface area contributed by atoms with Gasteiger partial charge in [0.25, 0.3) is 0 Å². The summed E-state index contributed by atoms with van der Waals surface area (Å²) in [5.41, 5.74) is 0. The van der Waals surface area contributed by atoms with Gasteiger partial charge in [-0.3, -0.25) is 14.5 Å². The van der Waals surface area contributed by atoms with Gasteiger partial charge in [-0.05, 0) is 32.1 Å². The summed E-state index contributed by atoms with van der Waals surface area (Å²) >= 11 is 0. The minimum Gasteiger partial charge on any atom is -0.354 e. The van der Waals surface area contributed by atoms with Crippen molar-refractivity contribution in [2.24, 2.45) is 18.0 Å². The van der Waals surface area contributed by atoms with Gasteiger partial charge in [-0.15, -0.1) is 24.0 Å². The van der Waals surface area contributed by atoms with E-state index in [1.807, 2.05) is 7.05 Å². The number of hydrogen-bond acceptors (Lipinski definition) is 4. The van der Waals surface area contributed by atoms with Crippen molar-refractivity contribution < 1.29 is 4.79 Å². The largest absolute Gasteiger partial charge is 0.354 e. The summed E-state index contributed by atoms with van der Waals surface area (Å²) < 4.78 is 1.74. The number of nitrogens with zero attached hydrogens (tertiary/aromatic N) is 4. The number of aromatic nitrogens is 3. The molecular weight excluding hydrogens is 433 g/mol. The third-order valence-electron chi connectivity index (χ3n) is 4.75. The van der Waals surface area contributed by atoms with Gasteiger partial charge in [-0.25, -0.2) is 4.98 Å². The smallest absolute Gasteiger partial charge is 0.223 e. The molecule has 2 fully saturated rings. The van der Waals surface area contributed by atoms with Crippen molar-refractivity contribution in [3.05, 3.63) is 12.2 Å². The molecular formula is C16H28IN7O. The Morgan fingerprint density at radius 2 is 2.08 bits per heavy atom. The van der Waals surface area contributed by atoms with Gasteiger partial charge in [-0.2, -0.15) is 5.10 Å². The zero-order valence-corrected chi connectivity index (χ0v) is 17.2. The Bertz CT molecular complexity index is 599. The second kappa shape index (κ2) is 9.35. The van der Waals surface area contributed by atoms with E-state index in [9.17, 15) is 4.79 Å². The van der Waals surface area contributed by atoms with Crippen molar-refractivity contribution in [1.82, 2.24) is 30.7 Å². The summed E-state index contributed by atoms with van der Waals surface area (Å²) in [4.78, 5) is 20.7. The van der Waals surface area contributed by atoms with Crippen LogP contribution in [-0.2, 0) is 18.4 Å². The van der Waals surface area contributed by atoms with E-state index in [4.69, 9.17) is 0 Å². The summed E-state index contributed by atoms with van der Waals surface area (Å²) in [7, 11) is 3.62. The number of aryl methyl sites for hydroxylation is 1. The van der Waals surface area contributed by atoms with E-state index in [0.717, 1.165) is 50.3 Å². The molecule has 1 aromatic rings. The Labute approximate surface area is 165 Å². The molecule has 0 radical (unpaired) electrons. The van der Waals surface area contributed by atoms with Crippen LogP contribution in [0.1, 0.15) is 44.3 Å². The van der Waals surface area contributed by atoms with Gasteiger partial charge < -0.3 is 16.0 Å². The molecule has 8 nitrogen and oxygen atoms in total. The molecule has 140 valence electrons. The maximum absolute atomic E-state index is 12.3. The fourth-order valence-corrected chi connectivity index (χ4v) is 3.14. The number of halogens is 1. The molecule has 2 atom stereocenters. The van der Waals surface area contributed by atoms with Crippen molar-refractivity contribution in [3.63, 3.8) is 0 Å². The second-order valence-electron chi connectivity index (χ2n) is 6.71. The van der Waals surface area contributed by atoms with Crippen molar-refractivity contribution >= 4 is 35.8 Å². The molecule has 25 heavy (non-hydrogen) atoms. The van der Waals surface area contributed by atoms with Crippen LogP contribution in [0.3, 0.4) is 0 Å². The first kappa shape index (κ1) is 19.9. The number of amides is 1. The highest BCUT2D eigenvalue weighted by atomic mass is 127. The van der Waals surface area contributed by atoms with Crippen LogP contribution in [0.4, 0.5) is 0 Å². The lowest BCUT2D eigenvalue weighted by molar-refractivity contribution is -0.126. The molecule has 0 spiro atoms. The Morgan fingerprint density at radius 1 is 1.28 bits per heavy atom. The van der Waals surface area contributed by atoms with E-state index in [2.05, 4.69) is 31.0 Å². The number of guanidine groups is 1. The molecule has 1 aromatic heterocycles. The Balaban J connectivity index is 0.00000225. The molecule has 0 aliphatic heterocycles. The lowest BCUT2D eigenvalue weighted by Gasteiger charge is -2.30. The normalized spacial score (nSPS) is 23.5. The maximum atomic E-state index is 12.3. The number of carbonyl (C=O) groups excluding carboxylic acids is 1. The van der Waals surface area contributed by atoms with Gasteiger partial charge >= 0.3 is 0 Å². The maximum Gasteiger partial charge on any atom is 0.223 e. The molecule has 1 amide bonds. The first-order chi connectivity index (χ1) is 11.7. The Hall–Kier alpha value is -1.39. The number of aliphatic imine (C=N–C) groups is 1. The molecule has 0 bridgehead atoms. The van der Waals surface area contributed by atoms with Gasteiger partial charge in [0, 0.05) is 32.1 Å². The van der Waals surface area contributed by atoms with E-state index >= 15 is 0 Å². The fourth-order valence-electron chi connectivity index (χ4n) is 3.14. The van der Waals surface area contributed by atoms with Gasteiger partial charge in [0.05, 0.1) is 6.54 Å². The second-order valence-corrected chi connectivity index (χ2v) is 6.71. The van der Waals surface area contributed by atoms with Crippen LogP contribution < -0.4 is 16.0 Å². The number of carbonyl (C=O) groups is 1. The van der Waals surface area contributed by atoms with Gasteiger partial charge in [0.15, 0.2) is 5.96 Å². The third kappa shape index (κ3) is 5.82. The van der Waals surface area contributed by atoms with Crippen LogP contribution in [0, 0.1) is 5.92 Å². The molecule has 2 aliphatic rings. The predicted octanol–water partition coefficient (Wildman–Crippen LogP) is 0.935. The van der Waals surface area contributed by atoms with E-state index < -0.39 is 0 Å². The lowest BCUT2D eigenvalue weighted by Crippen LogP contribution is -2.47. The van der Waals surface area contributed by atoms with E-state index in [1.165, 1.54) is 6.33 Å². The van der Waals surface area contributed by atoms with Gasteiger partial charge in [-0.1, -0.05) is 6.42 Å². The molecule has 2 unspecified atom stereocenters. The van der Waals surface area contributed by atoms with Crippen LogP contribution >= 0.6 is 24.0 Å². The van der Waals surface area contributed by atoms with E-state index in [-0.39, 0.29) is 41.8 Å². The summed E-state index contributed by atoms with van der Waals surface area (Å²) in [6, 6.07) is 0.714. The Kier molecular flexibility index (Phi) is 7.45. The minimum absolute atomic E-state index is 0. The summed E-state index contributed by atoms with van der Waals surface area (Å²) in [5.74, 6) is 1.94. The highest BCUT2D eigenvalue weighted by molar-refractivity contribution is 14.0. The number of hydrogen-bond donors (Lipinski definition) is 3. The highest BCUT2D eigenvalue weighted by Gasteiger charge is 2.31. The minimum atomic E-state index is 0. The summed E-state index contributed by atoms with van der Waals surface area (Å²) in [6.07, 6.45) is 7.80. The molecule has 2 saturated carbocycles. The molecule has 3 rings (SSSR count). The molecule has 0 aromatic carbocycles. The number of rotatable bonds is 5. The van der Waals surface area contributed by atoms with E-state index in [1.54, 1.807) is 11.7 Å². The zero-order chi connectivity index (χ0) is 16.9. The third-order valence-corrected chi connectivity index (χ3v) is 4.75. The SMILES string of the molecule is CN=C(NCc1ncnn1C)NC1CCCC(C(=O)NC2CC2)C1.I. The van der Waals surface area contributed by atoms with Crippen molar-refractivity contribution in [2.45, 2.75) is 57.2 Å². The molecule has 9 heteroatoms. The average molecular weight is 461 g/mol. The van der Waals surface area contributed by atoms with Crippen molar-refractivity contribution in [1.29, 1.82) is 0 Å².